The molecule has 6 heteroatoms. The number of rotatable bonds is 5. The summed E-state index contributed by atoms with van der Waals surface area (Å²) in [6.07, 6.45) is 8.40. The van der Waals surface area contributed by atoms with Gasteiger partial charge in [-0.15, -0.1) is 0 Å². The van der Waals surface area contributed by atoms with Gasteiger partial charge in [-0.05, 0) is 41.9 Å². The van der Waals surface area contributed by atoms with Crippen LogP contribution in [-0.2, 0) is 23.8 Å². The lowest BCUT2D eigenvalue weighted by Gasteiger charge is -2.51. The molecule has 3 atom stereocenters. The van der Waals surface area contributed by atoms with Crippen LogP contribution in [0.25, 0.3) is 5.57 Å². The van der Waals surface area contributed by atoms with E-state index in [1.54, 1.807) is 4.90 Å². The number of carbonyl (C=O) groups excluding carboxylic acids is 2. The molecule has 2 bridgehead atoms. The summed E-state index contributed by atoms with van der Waals surface area (Å²) in [5, 5.41) is 0. The summed E-state index contributed by atoms with van der Waals surface area (Å²) in [6, 6.07) is 9.95. The van der Waals surface area contributed by atoms with E-state index in [2.05, 4.69) is 39.0 Å². The van der Waals surface area contributed by atoms with Crippen molar-refractivity contribution in [1.29, 1.82) is 0 Å². The lowest BCUT2D eigenvalue weighted by molar-refractivity contribution is -0.193. The number of benzene rings is 1. The standard InChI is InChI=1S/C27H33NO5/c1-25(2)26(3)12-13-27(25,24(30)33-18-26)23(29)28-14-11-20(19-7-5-4-6-8-19)17-21(28)9-10-22-31-15-16-32-22/h4-8,11,14,17,21-22H,9-10,12-13,15-16,18H2,1-3H3/t21-,26-,27-/m0/s1. The Morgan fingerprint density at radius 2 is 1.79 bits per heavy atom. The SMILES string of the molecule is CC1(C)[C@@]2(C)CC[C@]1(C(=O)N1C=CC(c3ccccc3)=C[C@@H]1CCC1OCCO1)C(=O)OC2. The molecule has 0 unspecified atom stereocenters. The number of ether oxygens (including phenoxy) is 3. The van der Waals surface area contributed by atoms with Crippen LogP contribution in [0.3, 0.4) is 0 Å². The Morgan fingerprint density at radius 1 is 1.06 bits per heavy atom. The average Bonchev–Trinajstić information content (AvgIpc) is 3.37. The van der Waals surface area contributed by atoms with Crippen molar-refractivity contribution in [2.45, 2.75) is 58.8 Å². The number of fused-ring (bicyclic) bond motifs is 2. The van der Waals surface area contributed by atoms with Crippen LogP contribution in [0, 0.1) is 16.2 Å². The topological polar surface area (TPSA) is 65.1 Å². The molecule has 1 aliphatic carbocycles. The number of nitrogens with zero attached hydrogens (tertiary/aromatic N) is 1. The maximum absolute atomic E-state index is 14.2. The Labute approximate surface area is 195 Å². The summed E-state index contributed by atoms with van der Waals surface area (Å²) < 4.78 is 16.9. The summed E-state index contributed by atoms with van der Waals surface area (Å²) in [6.45, 7) is 7.84. The van der Waals surface area contributed by atoms with Crippen LogP contribution in [-0.4, -0.2) is 48.9 Å². The fourth-order valence-corrected chi connectivity index (χ4v) is 6.00. The number of carbonyl (C=O) groups is 2. The van der Waals surface area contributed by atoms with Crippen molar-refractivity contribution in [3.05, 3.63) is 54.2 Å². The Morgan fingerprint density at radius 3 is 2.52 bits per heavy atom. The van der Waals surface area contributed by atoms with Crippen LogP contribution in [0.1, 0.15) is 52.0 Å². The number of allylic oxidation sites excluding steroid dienone is 2. The smallest absolute Gasteiger partial charge is 0.322 e. The zero-order chi connectivity index (χ0) is 23.3. The van der Waals surface area contributed by atoms with Gasteiger partial charge in [0.1, 0.15) is 0 Å². The quantitative estimate of drug-likeness (QED) is 0.493. The van der Waals surface area contributed by atoms with Gasteiger partial charge in [-0.25, -0.2) is 0 Å². The first-order valence-electron chi connectivity index (χ1n) is 12.0. The van der Waals surface area contributed by atoms with E-state index in [1.165, 1.54) is 0 Å². The molecule has 2 saturated heterocycles. The molecule has 0 aromatic heterocycles. The highest BCUT2D eigenvalue weighted by molar-refractivity contribution is 6.05. The van der Waals surface area contributed by atoms with Crippen LogP contribution in [0.5, 0.6) is 0 Å². The molecule has 1 aromatic carbocycles. The van der Waals surface area contributed by atoms with Crippen LogP contribution in [0.4, 0.5) is 0 Å². The Balaban J connectivity index is 1.47. The van der Waals surface area contributed by atoms with Gasteiger partial charge in [0.15, 0.2) is 11.7 Å². The van der Waals surface area contributed by atoms with Gasteiger partial charge in [0.2, 0.25) is 5.91 Å². The first-order chi connectivity index (χ1) is 15.8. The number of hydrogen-bond donors (Lipinski definition) is 0. The minimum absolute atomic E-state index is 0.154. The first-order valence-corrected chi connectivity index (χ1v) is 12.0. The van der Waals surface area contributed by atoms with Crippen molar-refractivity contribution in [1.82, 2.24) is 4.90 Å². The van der Waals surface area contributed by atoms with Crippen molar-refractivity contribution < 1.29 is 23.8 Å². The lowest BCUT2D eigenvalue weighted by Crippen LogP contribution is -2.61. The van der Waals surface area contributed by atoms with Crippen molar-refractivity contribution in [3.8, 4) is 0 Å². The average molecular weight is 452 g/mol. The Kier molecular flexibility index (Phi) is 5.49. The highest BCUT2D eigenvalue weighted by Gasteiger charge is 2.72. The Hall–Kier alpha value is -2.44. The zero-order valence-corrected chi connectivity index (χ0v) is 19.7. The van der Waals surface area contributed by atoms with Gasteiger partial charge in [-0.1, -0.05) is 57.2 Å². The van der Waals surface area contributed by atoms with Gasteiger partial charge in [0.25, 0.3) is 0 Å². The second kappa shape index (κ2) is 8.10. The number of hydrogen-bond acceptors (Lipinski definition) is 5. The molecule has 4 aliphatic rings. The number of amides is 1. The van der Waals surface area contributed by atoms with Crippen molar-refractivity contribution in [3.63, 3.8) is 0 Å². The summed E-state index contributed by atoms with van der Waals surface area (Å²) in [7, 11) is 0. The molecule has 6 nitrogen and oxygen atoms in total. The fourth-order valence-electron chi connectivity index (χ4n) is 6.00. The summed E-state index contributed by atoms with van der Waals surface area (Å²) >= 11 is 0. The van der Waals surface area contributed by atoms with Crippen molar-refractivity contribution in [2.75, 3.05) is 19.8 Å². The third-order valence-electron chi connectivity index (χ3n) is 8.74. The molecule has 176 valence electrons. The fraction of sp³-hybridized carbons (Fsp3) is 0.556. The molecule has 0 N–H and O–H groups in total. The zero-order valence-electron chi connectivity index (χ0n) is 19.7. The van der Waals surface area contributed by atoms with E-state index >= 15 is 0 Å². The highest BCUT2D eigenvalue weighted by atomic mass is 16.7. The van der Waals surface area contributed by atoms with Crippen LogP contribution in [0.15, 0.2) is 48.7 Å². The number of esters is 1. The largest absolute Gasteiger partial charge is 0.464 e. The van der Waals surface area contributed by atoms with Crippen molar-refractivity contribution in [2.24, 2.45) is 16.2 Å². The van der Waals surface area contributed by atoms with E-state index in [0.717, 1.165) is 17.6 Å². The monoisotopic (exact) mass is 451 g/mol. The van der Waals surface area contributed by atoms with Gasteiger partial charge in [-0.3, -0.25) is 9.59 Å². The summed E-state index contributed by atoms with van der Waals surface area (Å²) in [5.41, 5.74) is 0.301. The van der Waals surface area contributed by atoms with Crippen LogP contribution < -0.4 is 0 Å². The van der Waals surface area contributed by atoms with Crippen molar-refractivity contribution >= 4 is 17.4 Å². The summed E-state index contributed by atoms with van der Waals surface area (Å²) in [4.78, 5) is 29.2. The second-order valence-electron chi connectivity index (χ2n) is 10.5. The molecule has 33 heavy (non-hydrogen) atoms. The molecule has 1 amide bonds. The minimum atomic E-state index is -1.17. The van der Waals surface area contributed by atoms with Crippen LogP contribution in [0.2, 0.25) is 0 Å². The molecule has 3 aliphatic heterocycles. The molecular weight excluding hydrogens is 418 g/mol. The Bertz CT molecular complexity index is 993. The third-order valence-corrected chi connectivity index (χ3v) is 8.74. The van der Waals surface area contributed by atoms with Gasteiger partial charge in [0, 0.05) is 18.0 Å². The predicted octanol–water partition coefficient (Wildman–Crippen LogP) is 4.32. The maximum Gasteiger partial charge on any atom is 0.322 e. The maximum atomic E-state index is 14.2. The van der Waals surface area contributed by atoms with E-state index in [0.29, 0.717) is 39.1 Å². The summed E-state index contributed by atoms with van der Waals surface area (Å²) in [5.74, 6) is -0.529. The molecule has 0 radical (unpaired) electrons. The van der Waals surface area contributed by atoms with Gasteiger partial charge < -0.3 is 19.1 Å². The molecule has 3 heterocycles. The van der Waals surface area contributed by atoms with E-state index in [-0.39, 0.29) is 29.6 Å². The van der Waals surface area contributed by atoms with Gasteiger partial charge in [0.05, 0.1) is 25.9 Å². The molecule has 0 spiro atoms. The molecule has 3 fully saturated rings. The molecular formula is C27H33NO5. The minimum Gasteiger partial charge on any atom is -0.464 e. The van der Waals surface area contributed by atoms with Crippen LogP contribution >= 0.6 is 0 Å². The van der Waals surface area contributed by atoms with Gasteiger partial charge in [-0.2, -0.15) is 0 Å². The first kappa shape index (κ1) is 22.4. The molecule has 1 saturated carbocycles. The molecule has 5 rings (SSSR count). The van der Waals surface area contributed by atoms with E-state index in [9.17, 15) is 9.59 Å². The van der Waals surface area contributed by atoms with Gasteiger partial charge >= 0.3 is 5.97 Å². The predicted molar refractivity (Wildman–Crippen MR) is 124 cm³/mol. The van der Waals surface area contributed by atoms with E-state index < -0.39 is 10.8 Å². The molecule has 1 aromatic rings. The van der Waals surface area contributed by atoms with E-state index in [1.807, 2.05) is 30.5 Å². The third kappa shape index (κ3) is 3.38. The lowest BCUT2D eigenvalue weighted by atomic mass is 9.57. The second-order valence-corrected chi connectivity index (χ2v) is 10.5. The normalized spacial score (nSPS) is 33.2. The highest BCUT2D eigenvalue weighted by Crippen LogP contribution is 2.66. The van der Waals surface area contributed by atoms with E-state index in [4.69, 9.17) is 14.2 Å². The number of cyclic esters (lactones) is 1.